The third-order valence-electron chi connectivity index (χ3n) is 4.36. The van der Waals surface area contributed by atoms with Crippen molar-refractivity contribution in [1.82, 2.24) is 10.3 Å². The maximum Gasteiger partial charge on any atom is 0.263 e. The number of carbonyl (C=O) groups excluding carboxylic acids is 1. The third-order valence-corrected chi connectivity index (χ3v) is 5.73. The van der Waals surface area contributed by atoms with Crippen LogP contribution in [0.25, 0.3) is 11.1 Å². The lowest BCUT2D eigenvalue weighted by Gasteiger charge is -2.10. The van der Waals surface area contributed by atoms with Gasteiger partial charge in [-0.1, -0.05) is 30.3 Å². The van der Waals surface area contributed by atoms with E-state index < -0.39 is 10.0 Å². The van der Waals surface area contributed by atoms with E-state index in [0.29, 0.717) is 18.8 Å². The Bertz CT molecular complexity index is 1130. The fourth-order valence-electron chi connectivity index (χ4n) is 2.82. The Kier molecular flexibility index (Phi) is 7.32. The van der Waals surface area contributed by atoms with Crippen LogP contribution in [-0.2, 0) is 26.0 Å². The predicted molar refractivity (Wildman–Crippen MR) is 115 cm³/mol. The van der Waals surface area contributed by atoms with E-state index in [0.717, 1.165) is 11.1 Å². The van der Waals surface area contributed by atoms with E-state index in [1.807, 2.05) is 0 Å². The van der Waals surface area contributed by atoms with Crippen molar-refractivity contribution in [2.45, 2.75) is 11.3 Å². The molecule has 1 aromatic heterocycles. The average Bonchev–Trinajstić information content (AvgIpc) is 2.74. The molecule has 0 radical (unpaired) electrons. The average molecular weight is 444 g/mol. The predicted octanol–water partition coefficient (Wildman–Crippen LogP) is 2.99. The van der Waals surface area contributed by atoms with Gasteiger partial charge in [0.2, 0.25) is 5.91 Å². The van der Waals surface area contributed by atoms with Crippen molar-refractivity contribution in [3.63, 3.8) is 0 Å². The van der Waals surface area contributed by atoms with Crippen molar-refractivity contribution in [2.75, 3.05) is 25.0 Å². The lowest BCUT2D eigenvalue weighted by Crippen LogP contribution is -2.28. The number of anilines is 1. The minimum atomic E-state index is -3.87. The molecule has 1 amide bonds. The molecule has 2 N–H and O–H groups in total. The van der Waals surface area contributed by atoms with E-state index in [1.165, 1.54) is 30.3 Å². The molecular weight excluding hydrogens is 421 g/mol. The molecule has 0 aliphatic rings. The molecule has 0 saturated heterocycles. The summed E-state index contributed by atoms with van der Waals surface area (Å²) in [5.74, 6) is -0.458. The largest absolute Gasteiger partial charge is 0.383 e. The van der Waals surface area contributed by atoms with Gasteiger partial charge in [0.15, 0.2) is 0 Å². The molecule has 0 aliphatic heterocycles. The molecule has 31 heavy (non-hydrogen) atoms. The molecular formula is C22H22FN3O4S. The van der Waals surface area contributed by atoms with Gasteiger partial charge in [-0.3, -0.25) is 9.52 Å². The smallest absolute Gasteiger partial charge is 0.263 e. The van der Waals surface area contributed by atoms with Crippen molar-refractivity contribution < 1.29 is 22.3 Å². The van der Waals surface area contributed by atoms with Crippen molar-refractivity contribution in [2.24, 2.45) is 0 Å². The van der Waals surface area contributed by atoms with Crippen LogP contribution in [0.2, 0.25) is 0 Å². The maximum atomic E-state index is 13.1. The zero-order chi connectivity index (χ0) is 22.3. The van der Waals surface area contributed by atoms with Gasteiger partial charge in [-0.25, -0.2) is 17.8 Å². The van der Waals surface area contributed by atoms with E-state index in [-0.39, 0.29) is 28.9 Å². The maximum absolute atomic E-state index is 13.1. The Hall–Kier alpha value is -3.30. The number of rotatable bonds is 9. The number of hydrogen-bond acceptors (Lipinski definition) is 5. The first-order valence-corrected chi connectivity index (χ1v) is 11.0. The van der Waals surface area contributed by atoms with Crippen LogP contribution < -0.4 is 10.0 Å². The number of nitrogens with one attached hydrogen (secondary N) is 2. The molecule has 0 spiro atoms. The highest BCUT2D eigenvalue weighted by molar-refractivity contribution is 7.92. The molecule has 0 saturated carbocycles. The number of methoxy groups -OCH3 is 1. The monoisotopic (exact) mass is 443 g/mol. The van der Waals surface area contributed by atoms with E-state index in [9.17, 15) is 17.6 Å². The number of carbonyl (C=O) groups is 1. The summed E-state index contributed by atoms with van der Waals surface area (Å²) < 4.78 is 45.8. The van der Waals surface area contributed by atoms with Gasteiger partial charge in [0.05, 0.1) is 23.6 Å². The molecule has 3 aromatic rings. The van der Waals surface area contributed by atoms with Gasteiger partial charge >= 0.3 is 0 Å². The topological polar surface area (TPSA) is 97.4 Å². The Morgan fingerprint density at radius 3 is 2.29 bits per heavy atom. The van der Waals surface area contributed by atoms with Gasteiger partial charge in [0.1, 0.15) is 11.6 Å². The van der Waals surface area contributed by atoms with Crippen LogP contribution >= 0.6 is 0 Å². The number of aromatic nitrogens is 1. The summed E-state index contributed by atoms with van der Waals surface area (Å²) in [5.41, 5.74) is 1.97. The van der Waals surface area contributed by atoms with E-state index in [2.05, 4.69) is 15.0 Å². The minimum absolute atomic E-state index is 0.0195. The van der Waals surface area contributed by atoms with E-state index in [1.54, 1.807) is 43.5 Å². The molecule has 162 valence electrons. The van der Waals surface area contributed by atoms with Gasteiger partial charge < -0.3 is 10.1 Å². The lowest BCUT2D eigenvalue weighted by atomic mass is 10.1. The van der Waals surface area contributed by atoms with Crippen LogP contribution in [0.5, 0.6) is 0 Å². The number of halogens is 1. The molecule has 0 atom stereocenters. The number of benzene rings is 2. The molecule has 2 aromatic carbocycles. The van der Waals surface area contributed by atoms with Gasteiger partial charge in [-0.2, -0.15) is 0 Å². The number of pyridine rings is 1. The second-order valence-electron chi connectivity index (χ2n) is 6.67. The summed E-state index contributed by atoms with van der Waals surface area (Å²) in [6.45, 7) is 0.786. The standard InChI is InChI=1S/C22H22FN3O4S/c1-30-14-13-24-22(27)15-19-3-2-4-21(25-19)26-31(28,29)20-11-7-17(8-12-20)16-5-9-18(23)10-6-16/h2-12H,13-15H2,1H3,(H,24,27)(H,25,26). The van der Waals surface area contributed by atoms with E-state index in [4.69, 9.17) is 4.74 Å². The lowest BCUT2D eigenvalue weighted by molar-refractivity contribution is -0.120. The molecule has 3 rings (SSSR count). The van der Waals surface area contributed by atoms with Crippen LogP contribution in [0.1, 0.15) is 5.69 Å². The summed E-state index contributed by atoms with van der Waals surface area (Å²) in [6.07, 6.45) is 0.0195. The Labute approximate surface area is 180 Å². The highest BCUT2D eigenvalue weighted by atomic mass is 32.2. The first-order chi connectivity index (χ1) is 14.9. The van der Waals surface area contributed by atoms with Crippen LogP contribution in [0.15, 0.2) is 71.6 Å². The normalized spacial score (nSPS) is 11.2. The van der Waals surface area contributed by atoms with Gasteiger partial charge in [-0.15, -0.1) is 0 Å². The summed E-state index contributed by atoms with van der Waals surface area (Å²) in [6, 6.07) is 16.9. The van der Waals surface area contributed by atoms with Crippen LogP contribution in [0.3, 0.4) is 0 Å². The van der Waals surface area contributed by atoms with E-state index >= 15 is 0 Å². The van der Waals surface area contributed by atoms with Gasteiger partial charge in [0.25, 0.3) is 10.0 Å². The molecule has 7 nitrogen and oxygen atoms in total. The fourth-order valence-corrected chi connectivity index (χ4v) is 3.82. The van der Waals surface area contributed by atoms with Crippen molar-refractivity contribution in [3.8, 4) is 11.1 Å². The third kappa shape index (κ3) is 6.34. The molecule has 0 unspecified atom stereocenters. The first-order valence-electron chi connectivity index (χ1n) is 9.48. The van der Waals surface area contributed by atoms with Gasteiger partial charge in [-0.05, 0) is 47.5 Å². The molecule has 0 aliphatic carbocycles. The second-order valence-corrected chi connectivity index (χ2v) is 8.35. The number of nitrogens with zero attached hydrogens (tertiary/aromatic N) is 1. The summed E-state index contributed by atoms with van der Waals surface area (Å²) >= 11 is 0. The Morgan fingerprint density at radius 2 is 1.65 bits per heavy atom. The van der Waals surface area contributed by atoms with Crippen molar-refractivity contribution in [3.05, 3.63) is 78.2 Å². The van der Waals surface area contributed by atoms with Crippen LogP contribution in [0, 0.1) is 5.82 Å². The zero-order valence-electron chi connectivity index (χ0n) is 16.8. The Balaban J connectivity index is 1.69. The zero-order valence-corrected chi connectivity index (χ0v) is 17.7. The molecule has 0 fully saturated rings. The quantitative estimate of drug-likeness (QED) is 0.496. The van der Waals surface area contributed by atoms with Crippen LogP contribution in [-0.4, -0.2) is 39.6 Å². The first kappa shape index (κ1) is 22.4. The summed E-state index contributed by atoms with van der Waals surface area (Å²) in [7, 11) is -2.33. The number of ether oxygens (including phenoxy) is 1. The summed E-state index contributed by atoms with van der Waals surface area (Å²) in [4.78, 5) is 16.2. The number of hydrogen-bond donors (Lipinski definition) is 2. The highest BCUT2D eigenvalue weighted by Gasteiger charge is 2.16. The highest BCUT2D eigenvalue weighted by Crippen LogP contribution is 2.22. The minimum Gasteiger partial charge on any atom is -0.383 e. The van der Waals surface area contributed by atoms with Crippen molar-refractivity contribution in [1.29, 1.82) is 0 Å². The molecule has 1 heterocycles. The van der Waals surface area contributed by atoms with Gasteiger partial charge in [0, 0.05) is 13.7 Å². The Morgan fingerprint density at radius 1 is 1.00 bits per heavy atom. The fraction of sp³-hybridized carbons (Fsp3) is 0.182. The number of amides is 1. The summed E-state index contributed by atoms with van der Waals surface area (Å²) in [5, 5.41) is 2.68. The van der Waals surface area contributed by atoms with Crippen LogP contribution in [0.4, 0.5) is 10.2 Å². The van der Waals surface area contributed by atoms with Crippen molar-refractivity contribution >= 4 is 21.7 Å². The molecule has 0 bridgehead atoms. The molecule has 9 heteroatoms. The number of sulfonamides is 1. The second kappa shape index (κ2) is 10.1. The SMILES string of the molecule is COCCNC(=O)Cc1cccc(NS(=O)(=O)c2ccc(-c3ccc(F)cc3)cc2)n1.